The summed E-state index contributed by atoms with van der Waals surface area (Å²) in [4.78, 5) is 17.7. The van der Waals surface area contributed by atoms with E-state index in [2.05, 4.69) is 29.0 Å². The van der Waals surface area contributed by atoms with Gasteiger partial charge in [-0.25, -0.2) is 4.98 Å². The van der Waals surface area contributed by atoms with Gasteiger partial charge in [-0.15, -0.1) is 10.2 Å². The van der Waals surface area contributed by atoms with Crippen LogP contribution in [0.15, 0.2) is 56.8 Å². The highest BCUT2D eigenvalue weighted by Gasteiger charge is 2.16. The highest BCUT2D eigenvalue weighted by Crippen LogP contribution is 2.28. The lowest BCUT2D eigenvalue weighted by atomic mass is 10.2. The zero-order valence-electron chi connectivity index (χ0n) is 16.3. The molecule has 0 aliphatic rings. The molecule has 2 aromatic heterocycles. The summed E-state index contributed by atoms with van der Waals surface area (Å²) in [7, 11) is 0. The van der Waals surface area contributed by atoms with Crippen molar-refractivity contribution in [1.82, 2.24) is 19.7 Å². The summed E-state index contributed by atoms with van der Waals surface area (Å²) in [5, 5.41) is 10.4. The van der Waals surface area contributed by atoms with E-state index < -0.39 is 0 Å². The Bertz CT molecular complexity index is 1270. The molecule has 6 nitrogen and oxygen atoms in total. The van der Waals surface area contributed by atoms with Crippen molar-refractivity contribution in [2.75, 3.05) is 0 Å². The normalized spacial score (nSPS) is 11.5. The molecule has 9 heteroatoms. The number of hydrogen-bond donors (Lipinski definition) is 0. The highest BCUT2D eigenvalue weighted by atomic mass is 35.5. The third-order valence-corrected chi connectivity index (χ3v) is 5.85. The Kier molecular flexibility index (Phi) is 6.13. The lowest BCUT2D eigenvalue weighted by Crippen LogP contribution is -2.25. The minimum Gasteiger partial charge on any atom is -0.420 e. The lowest BCUT2D eigenvalue weighted by molar-refractivity contribution is 0.474. The maximum Gasteiger partial charge on any atom is 0.262 e. The van der Waals surface area contributed by atoms with E-state index in [0.29, 0.717) is 55.7 Å². The van der Waals surface area contributed by atoms with Crippen molar-refractivity contribution in [2.24, 2.45) is 5.92 Å². The van der Waals surface area contributed by atoms with E-state index in [1.807, 2.05) is 18.2 Å². The van der Waals surface area contributed by atoms with E-state index in [9.17, 15) is 4.79 Å². The average Bonchev–Trinajstić information content (AvgIpc) is 3.18. The van der Waals surface area contributed by atoms with Gasteiger partial charge in [0.2, 0.25) is 11.8 Å². The molecule has 0 aliphatic heterocycles. The predicted octanol–water partition coefficient (Wildman–Crippen LogP) is 5.70. The van der Waals surface area contributed by atoms with E-state index in [1.165, 1.54) is 11.8 Å². The van der Waals surface area contributed by atoms with Gasteiger partial charge in [0.25, 0.3) is 5.56 Å². The Labute approximate surface area is 187 Å². The molecule has 154 valence electrons. The predicted molar refractivity (Wildman–Crippen MR) is 120 cm³/mol. The molecule has 0 saturated heterocycles. The Morgan fingerprint density at radius 1 is 1.13 bits per heavy atom. The SMILES string of the molecule is CC(C)Cn1c(SCc2nnc(-c3ccccc3Cl)o2)nc2ccc(Cl)cc2c1=O. The zero-order chi connectivity index (χ0) is 21.3. The van der Waals surface area contributed by atoms with Crippen molar-refractivity contribution in [3.8, 4) is 11.5 Å². The highest BCUT2D eigenvalue weighted by molar-refractivity contribution is 7.98. The number of benzene rings is 2. The quantitative estimate of drug-likeness (QED) is 0.271. The van der Waals surface area contributed by atoms with Crippen LogP contribution in [0.2, 0.25) is 10.0 Å². The molecule has 0 unspecified atom stereocenters. The van der Waals surface area contributed by atoms with Gasteiger partial charge in [-0.3, -0.25) is 9.36 Å². The molecule has 0 N–H and O–H groups in total. The van der Waals surface area contributed by atoms with Gasteiger partial charge in [0.1, 0.15) is 0 Å². The van der Waals surface area contributed by atoms with Gasteiger partial charge < -0.3 is 4.42 Å². The molecular formula is C21H18Cl2N4O2S. The van der Waals surface area contributed by atoms with Gasteiger partial charge in [-0.1, -0.05) is 60.9 Å². The van der Waals surface area contributed by atoms with E-state index >= 15 is 0 Å². The number of nitrogens with zero attached hydrogens (tertiary/aromatic N) is 4. The monoisotopic (exact) mass is 460 g/mol. The summed E-state index contributed by atoms with van der Waals surface area (Å²) < 4.78 is 7.45. The fourth-order valence-electron chi connectivity index (χ4n) is 2.99. The Morgan fingerprint density at radius 3 is 2.70 bits per heavy atom. The maximum atomic E-state index is 13.1. The molecule has 4 aromatic rings. The smallest absolute Gasteiger partial charge is 0.262 e. The largest absolute Gasteiger partial charge is 0.420 e. The first-order valence-electron chi connectivity index (χ1n) is 9.32. The average molecular weight is 461 g/mol. The van der Waals surface area contributed by atoms with Gasteiger partial charge >= 0.3 is 0 Å². The van der Waals surface area contributed by atoms with Crippen LogP contribution >= 0.6 is 35.0 Å². The number of thioether (sulfide) groups is 1. The molecule has 0 atom stereocenters. The van der Waals surface area contributed by atoms with Crippen LogP contribution in [-0.4, -0.2) is 19.7 Å². The van der Waals surface area contributed by atoms with Crippen LogP contribution < -0.4 is 5.56 Å². The van der Waals surface area contributed by atoms with Crippen LogP contribution in [0.1, 0.15) is 19.7 Å². The minimum absolute atomic E-state index is 0.110. The van der Waals surface area contributed by atoms with Crippen molar-refractivity contribution < 1.29 is 4.42 Å². The topological polar surface area (TPSA) is 73.8 Å². The molecule has 4 rings (SSSR count). The molecule has 0 aliphatic carbocycles. The molecule has 0 spiro atoms. The van der Waals surface area contributed by atoms with Crippen molar-refractivity contribution in [3.63, 3.8) is 0 Å². The van der Waals surface area contributed by atoms with Gasteiger partial charge in [0.15, 0.2) is 5.16 Å². The third kappa shape index (κ3) is 4.38. The van der Waals surface area contributed by atoms with Crippen LogP contribution in [0.25, 0.3) is 22.4 Å². The van der Waals surface area contributed by atoms with Crippen LogP contribution in [0.3, 0.4) is 0 Å². The van der Waals surface area contributed by atoms with E-state index in [4.69, 9.17) is 27.6 Å². The standard InChI is InChI=1S/C21H18Cl2N4O2S/c1-12(2)10-27-20(28)15-9-13(22)7-8-17(15)24-21(27)30-11-18-25-26-19(29-18)14-5-3-4-6-16(14)23/h3-9,12H,10-11H2,1-2H3. The number of rotatable bonds is 6. The second-order valence-corrected chi connectivity index (χ2v) is 8.92. The van der Waals surface area contributed by atoms with Crippen molar-refractivity contribution in [2.45, 2.75) is 31.3 Å². The third-order valence-electron chi connectivity index (χ3n) is 4.32. The molecule has 0 saturated carbocycles. The van der Waals surface area contributed by atoms with Crippen molar-refractivity contribution >= 4 is 45.9 Å². The Morgan fingerprint density at radius 2 is 1.93 bits per heavy atom. The summed E-state index contributed by atoms with van der Waals surface area (Å²) in [6.45, 7) is 4.65. The fraction of sp³-hybridized carbons (Fsp3) is 0.238. The number of fused-ring (bicyclic) bond motifs is 1. The van der Waals surface area contributed by atoms with Crippen LogP contribution in [0.5, 0.6) is 0 Å². The summed E-state index contributed by atoms with van der Waals surface area (Å²) >= 11 is 13.7. The molecule has 0 amide bonds. The van der Waals surface area contributed by atoms with Crippen LogP contribution in [0.4, 0.5) is 0 Å². The van der Waals surface area contributed by atoms with Gasteiger partial charge in [0.05, 0.1) is 27.2 Å². The molecule has 2 heterocycles. The van der Waals surface area contributed by atoms with Gasteiger partial charge in [-0.05, 0) is 36.2 Å². The number of hydrogen-bond acceptors (Lipinski definition) is 6. The van der Waals surface area contributed by atoms with E-state index in [0.717, 1.165) is 0 Å². The molecule has 0 radical (unpaired) electrons. The Hall–Kier alpha value is -2.35. The van der Waals surface area contributed by atoms with E-state index in [-0.39, 0.29) is 11.5 Å². The molecule has 30 heavy (non-hydrogen) atoms. The molecule has 0 fully saturated rings. The molecule has 0 bridgehead atoms. The minimum atomic E-state index is -0.110. The zero-order valence-corrected chi connectivity index (χ0v) is 18.6. The fourth-order valence-corrected chi connectivity index (χ4v) is 4.22. The number of halogens is 2. The second-order valence-electron chi connectivity index (χ2n) is 7.13. The summed E-state index contributed by atoms with van der Waals surface area (Å²) in [6, 6.07) is 12.4. The lowest BCUT2D eigenvalue weighted by Gasteiger charge is -2.14. The first kappa shape index (κ1) is 20.9. The first-order chi connectivity index (χ1) is 14.4. The summed E-state index contributed by atoms with van der Waals surface area (Å²) in [5.74, 6) is 1.44. The first-order valence-corrected chi connectivity index (χ1v) is 11.1. The second kappa shape index (κ2) is 8.79. The summed E-state index contributed by atoms with van der Waals surface area (Å²) in [6.07, 6.45) is 0. The van der Waals surface area contributed by atoms with Crippen molar-refractivity contribution in [3.05, 3.63) is 68.8 Å². The molecule has 2 aromatic carbocycles. The Balaban J connectivity index is 1.65. The number of aromatic nitrogens is 4. The summed E-state index contributed by atoms with van der Waals surface area (Å²) in [5.41, 5.74) is 1.18. The molecular weight excluding hydrogens is 443 g/mol. The van der Waals surface area contributed by atoms with Crippen LogP contribution in [0, 0.1) is 5.92 Å². The van der Waals surface area contributed by atoms with E-state index in [1.54, 1.807) is 28.8 Å². The van der Waals surface area contributed by atoms with Crippen LogP contribution in [-0.2, 0) is 12.3 Å². The van der Waals surface area contributed by atoms with Gasteiger partial charge in [-0.2, -0.15) is 0 Å². The van der Waals surface area contributed by atoms with Crippen molar-refractivity contribution in [1.29, 1.82) is 0 Å². The maximum absolute atomic E-state index is 13.1. The van der Waals surface area contributed by atoms with Gasteiger partial charge in [0, 0.05) is 11.6 Å².